The molecule has 1 amide bonds. The molecule has 8 nitrogen and oxygen atoms in total. The Kier molecular flexibility index (Phi) is 5.05. The summed E-state index contributed by atoms with van der Waals surface area (Å²) >= 11 is 1.42. The van der Waals surface area contributed by atoms with E-state index in [9.17, 15) is 9.18 Å². The van der Waals surface area contributed by atoms with Crippen molar-refractivity contribution in [2.75, 3.05) is 11.9 Å². The van der Waals surface area contributed by atoms with Gasteiger partial charge in [0.1, 0.15) is 11.5 Å². The SMILES string of the molecule is Cc1ccc(-n2nccn2)c(C(=O)N2C3CC(C3)[C@H](C)[C@@H]2CNc2nc3ccc(F)cc3s2)n1. The van der Waals surface area contributed by atoms with Crippen molar-refractivity contribution < 1.29 is 9.18 Å². The van der Waals surface area contributed by atoms with E-state index >= 15 is 0 Å². The summed E-state index contributed by atoms with van der Waals surface area (Å²) in [7, 11) is 0. The molecule has 10 heteroatoms. The van der Waals surface area contributed by atoms with E-state index in [0.717, 1.165) is 33.9 Å². The van der Waals surface area contributed by atoms with Crippen LogP contribution in [-0.4, -0.2) is 54.4 Å². The molecule has 7 rings (SSSR count). The van der Waals surface area contributed by atoms with Crippen LogP contribution in [0.3, 0.4) is 0 Å². The van der Waals surface area contributed by atoms with Crippen molar-refractivity contribution >= 4 is 32.6 Å². The minimum absolute atomic E-state index is 0.00510. The number of hydrogen-bond donors (Lipinski definition) is 1. The number of nitrogens with one attached hydrogen (secondary N) is 1. The fourth-order valence-electron chi connectivity index (χ4n) is 5.22. The van der Waals surface area contributed by atoms with Gasteiger partial charge in [0.05, 0.1) is 28.7 Å². The Balaban J connectivity index is 1.30. The lowest BCUT2D eigenvalue weighted by Crippen LogP contribution is -2.64. The molecule has 0 spiro atoms. The number of halogens is 1. The van der Waals surface area contributed by atoms with E-state index in [4.69, 9.17) is 0 Å². The highest BCUT2D eigenvalue weighted by atomic mass is 32.1. The maximum absolute atomic E-state index is 14.0. The van der Waals surface area contributed by atoms with Crippen molar-refractivity contribution in [3.63, 3.8) is 0 Å². The quantitative estimate of drug-likeness (QED) is 0.466. The maximum atomic E-state index is 14.0. The molecule has 1 aliphatic carbocycles. The summed E-state index contributed by atoms with van der Waals surface area (Å²) in [5, 5.41) is 12.6. The number of anilines is 1. The zero-order chi connectivity index (χ0) is 23.4. The van der Waals surface area contributed by atoms with Crippen molar-refractivity contribution in [3.05, 3.63) is 59.9 Å². The first-order valence-electron chi connectivity index (χ1n) is 11.4. The van der Waals surface area contributed by atoms with Gasteiger partial charge in [-0.15, -0.1) is 4.80 Å². The first-order valence-corrected chi connectivity index (χ1v) is 12.3. The monoisotopic (exact) mass is 477 g/mol. The molecule has 0 unspecified atom stereocenters. The van der Waals surface area contributed by atoms with Crippen LogP contribution in [0.15, 0.2) is 42.7 Å². The van der Waals surface area contributed by atoms with E-state index in [-0.39, 0.29) is 23.8 Å². The summed E-state index contributed by atoms with van der Waals surface area (Å²) < 4.78 is 14.4. The second kappa shape index (κ2) is 8.12. The molecule has 3 aromatic heterocycles. The van der Waals surface area contributed by atoms with Crippen LogP contribution < -0.4 is 5.32 Å². The summed E-state index contributed by atoms with van der Waals surface area (Å²) in [4.78, 5) is 26.6. The van der Waals surface area contributed by atoms with Gasteiger partial charge in [-0.25, -0.2) is 14.4 Å². The lowest BCUT2D eigenvalue weighted by molar-refractivity contribution is -0.0505. The number of piperidine rings is 2. The number of hydrogen-bond acceptors (Lipinski definition) is 7. The van der Waals surface area contributed by atoms with Crippen LogP contribution in [0.5, 0.6) is 0 Å². The largest absolute Gasteiger partial charge is 0.359 e. The molecule has 2 atom stereocenters. The van der Waals surface area contributed by atoms with Gasteiger partial charge in [0.25, 0.3) is 5.91 Å². The Morgan fingerprint density at radius 3 is 2.76 bits per heavy atom. The van der Waals surface area contributed by atoms with Crippen molar-refractivity contribution in [2.45, 2.75) is 38.8 Å². The van der Waals surface area contributed by atoms with Crippen molar-refractivity contribution in [2.24, 2.45) is 11.8 Å². The van der Waals surface area contributed by atoms with E-state index < -0.39 is 0 Å². The van der Waals surface area contributed by atoms with Gasteiger partial charge in [-0.3, -0.25) is 4.79 Å². The number of amides is 1. The molecule has 2 saturated heterocycles. The second-order valence-electron chi connectivity index (χ2n) is 9.18. The second-order valence-corrected chi connectivity index (χ2v) is 10.2. The molecule has 0 radical (unpaired) electrons. The number of rotatable bonds is 5. The van der Waals surface area contributed by atoms with Gasteiger partial charge < -0.3 is 10.2 Å². The Hall–Kier alpha value is -3.40. The highest BCUT2D eigenvalue weighted by Crippen LogP contribution is 2.47. The van der Waals surface area contributed by atoms with Gasteiger partial charge in [0.15, 0.2) is 10.8 Å². The zero-order valence-corrected chi connectivity index (χ0v) is 19.7. The summed E-state index contributed by atoms with van der Waals surface area (Å²) in [6, 6.07) is 8.52. The standard InChI is InChI=1S/C24H24FN7OS/c1-13-3-6-19(32-27-7-8-28-32)22(29-13)23(33)31-17-9-15(10-17)14(2)20(31)12-26-24-30-18-5-4-16(25)11-21(18)34-24/h3-8,11,14-15,17,20H,9-10,12H2,1-2H3,(H,26,30)/t14-,15?,17?,20-/m0/s1. The third-order valence-corrected chi connectivity index (χ3v) is 8.12. The number of nitrogens with zero attached hydrogens (tertiary/aromatic N) is 6. The van der Waals surface area contributed by atoms with Crippen LogP contribution in [0.25, 0.3) is 15.9 Å². The minimum Gasteiger partial charge on any atom is -0.359 e. The molecule has 3 aliphatic rings. The van der Waals surface area contributed by atoms with Gasteiger partial charge in [-0.2, -0.15) is 10.2 Å². The molecule has 3 fully saturated rings. The number of fused-ring (bicyclic) bond motifs is 3. The number of carbonyl (C=O) groups is 1. The van der Waals surface area contributed by atoms with E-state index in [0.29, 0.717) is 29.8 Å². The molecule has 1 saturated carbocycles. The third kappa shape index (κ3) is 3.53. The van der Waals surface area contributed by atoms with E-state index in [1.165, 1.54) is 28.3 Å². The van der Waals surface area contributed by atoms with Crippen LogP contribution in [-0.2, 0) is 0 Å². The zero-order valence-electron chi connectivity index (χ0n) is 18.8. The Bertz CT molecular complexity index is 1370. The van der Waals surface area contributed by atoms with Crippen LogP contribution >= 0.6 is 11.3 Å². The number of pyridine rings is 1. The lowest BCUT2D eigenvalue weighted by atomic mass is 9.64. The van der Waals surface area contributed by atoms with Crippen molar-refractivity contribution in [1.29, 1.82) is 0 Å². The van der Waals surface area contributed by atoms with Crippen LogP contribution in [0.4, 0.5) is 9.52 Å². The Morgan fingerprint density at radius 1 is 1.18 bits per heavy atom. The number of benzene rings is 1. The van der Waals surface area contributed by atoms with Crippen LogP contribution in [0, 0.1) is 24.6 Å². The molecule has 1 aromatic carbocycles. The Labute approximate surface area is 199 Å². The number of aryl methyl sites for hydroxylation is 1. The fourth-order valence-corrected chi connectivity index (χ4v) is 6.12. The normalized spacial score (nSPS) is 23.7. The summed E-state index contributed by atoms with van der Waals surface area (Å²) in [5.41, 5.74) is 2.48. The van der Waals surface area contributed by atoms with Crippen molar-refractivity contribution in [1.82, 2.24) is 29.9 Å². The van der Waals surface area contributed by atoms with E-state index in [1.807, 2.05) is 24.0 Å². The predicted octanol–water partition coefficient (Wildman–Crippen LogP) is 4.07. The Morgan fingerprint density at radius 2 is 1.97 bits per heavy atom. The molecule has 2 bridgehead atoms. The number of thiazole rings is 1. The third-order valence-electron chi connectivity index (χ3n) is 7.15. The molecular weight excluding hydrogens is 453 g/mol. The molecule has 34 heavy (non-hydrogen) atoms. The minimum atomic E-state index is -0.270. The van der Waals surface area contributed by atoms with Gasteiger partial charge >= 0.3 is 0 Å². The summed E-state index contributed by atoms with van der Waals surface area (Å²) in [6.45, 7) is 4.67. The molecular formula is C24H24FN7OS. The topological polar surface area (TPSA) is 88.8 Å². The van der Waals surface area contributed by atoms with Crippen LogP contribution in [0.2, 0.25) is 0 Å². The number of carbonyl (C=O) groups excluding carboxylic acids is 1. The highest BCUT2D eigenvalue weighted by molar-refractivity contribution is 7.22. The van der Waals surface area contributed by atoms with Crippen molar-refractivity contribution in [3.8, 4) is 5.69 Å². The molecule has 2 aliphatic heterocycles. The summed E-state index contributed by atoms with van der Waals surface area (Å²) in [6.07, 6.45) is 5.21. The molecule has 4 aromatic rings. The van der Waals surface area contributed by atoms with Gasteiger partial charge in [-0.05, 0) is 61.9 Å². The average Bonchev–Trinajstić information content (AvgIpc) is 3.46. The van der Waals surface area contributed by atoms with Gasteiger partial charge in [-0.1, -0.05) is 18.3 Å². The van der Waals surface area contributed by atoms with Gasteiger partial charge in [0.2, 0.25) is 0 Å². The smallest absolute Gasteiger partial charge is 0.275 e. The lowest BCUT2D eigenvalue weighted by Gasteiger charge is -2.57. The number of aromatic nitrogens is 5. The molecule has 174 valence electrons. The fraction of sp³-hybridized carbons (Fsp3) is 0.375. The highest BCUT2D eigenvalue weighted by Gasteiger charge is 2.51. The van der Waals surface area contributed by atoms with Gasteiger partial charge in [0, 0.05) is 18.3 Å². The summed E-state index contributed by atoms with van der Waals surface area (Å²) in [5.74, 6) is 0.588. The average molecular weight is 478 g/mol. The maximum Gasteiger partial charge on any atom is 0.275 e. The van der Waals surface area contributed by atoms with E-state index in [1.54, 1.807) is 18.5 Å². The van der Waals surface area contributed by atoms with E-state index in [2.05, 4.69) is 32.4 Å². The molecule has 5 heterocycles. The first kappa shape index (κ1) is 21.2. The van der Waals surface area contributed by atoms with Crippen LogP contribution in [0.1, 0.15) is 35.9 Å². The predicted molar refractivity (Wildman–Crippen MR) is 128 cm³/mol. The first-order chi connectivity index (χ1) is 16.5. The molecule has 1 N–H and O–H groups in total.